The summed E-state index contributed by atoms with van der Waals surface area (Å²) in [4.78, 5) is 6.79. The Balaban J connectivity index is 1.64. The molecule has 22 heavy (non-hydrogen) atoms. The molecule has 2 heterocycles. The Morgan fingerprint density at radius 1 is 1.27 bits per heavy atom. The molecule has 2 aromatic rings. The summed E-state index contributed by atoms with van der Waals surface area (Å²) in [6.07, 6.45) is 3.36. The molecule has 1 aliphatic heterocycles. The molecule has 0 saturated carbocycles. The van der Waals surface area contributed by atoms with Gasteiger partial charge in [-0.15, -0.1) is 11.3 Å². The lowest BCUT2D eigenvalue weighted by Gasteiger charge is -2.32. The van der Waals surface area contributed by atoms with Gasteiger partial charge in [0.05, 0.1) is 4.90 Å². The van der Waals surface area contributed by atoms with Gasteiger partial charge in [0.2, 0.25) is 10.0 Å². The van der Waals surface area contributed by atoms with Gasteiger partial charge in [0.25, 0.3) is 0 Å². The monoisotopic (exact) mass is 401 g/mol. The second-order valence-electron chi connectivity index (χ2n) is 5.13. The van der Waals surface area contributed by atoms with Crippen LogP contribution in [0.2, 0.25) is 0 Å². The standard InChI is InChI=1S/C14H16BrN3O2S2/c15-12-3-1-2-4-13(12)22(19,20)17-11-5-8-18(9-6-11)14-16-7-10-21-14/h1-4,7,10-11,17H,5-6,8-9H2. The van der Waals surface area contributed by atoms with Gasteiger partial charge in [-0.25, -0.2) is 18.1 Å². The Kier molecular flexibility index (Phi) is 4.82. The van der Waals surface area contributed by atoms with Crippen LogP contribution in [0.15, 0.2) is 45.2 Å². The fraction of sp³-hybridized carbons (Fsp3) is 0.357. The average Bonchev–Trinajstić information content (AvgIpc) is 3.02. The van der Waals surface area contributed by atoms with E-state index in [-0.39, 0.29) is 10.9 Å². The second-order valence-corrected chi connectivity index (χ2v) is 8.54. The van der Waals surface area contributed by atoms with E-state index in [9.17, 15) is 8.42 Å². The topological polar surface area (TPSA) is 62.3 Å². The van der Waals surface area contributed by atoms with Crippen molar-refractivity contribution in [3.63, 3.8) is 0 Å². The normalized spacial score (nSPS) is 16.9. The molecular weight excluding hydrogens is 386 g/mol. The van der Waals surface area contributed by atoms with Gasteiger partial charge in [-0.05, 0) is 40.9 Å². The maximum Gasteiger partial charge on any atom is 0.241 e. The van der Waals surface area contributed by atoms with Crippen LogP contribution in [-0.2, 0) is 10.0 Å². The summed E-state index contributed by atoms with van der Waals surface area (Å²) < 4.78 is 28.3. The quantitative estimate of drug-likeness (QED) is 0.855. The van der Waals surface area contributed by atoms with E-state index in [4.69, 9.17) is 0 Å². The summed E-state index contributed by atoms with van der Waals surface area (Å²) in [6, 6.07) is 6.84. The molecule has 0 spiro atoms. The molecule has 0 radical (unpaired) electrons. The molecule has 3 rings (SSSR count). The van der Waals surface area contributed by atoms with Crippen molar-refractivity contribution in [2.45, 2.75) is 23.8 Å². The number of nitrogens with one attached hydrogen (secondary N) is 1. The predicted molar refractivity (Wildman–Crippen MR) is 91.8 cm³/mol. The van der Waals surface area contributed by atoms with E-state index in [2.05, 4.69) is 30.5 Å². The molecule has 0 unspecified atom stereocenters. The molecule has 1 fully saturated rings. The van der Waals surface area contributed by atoms with Gasteiger partial charge in [-0.1, -0.05) is 12.1 Å². The first-order chi connectivity index (χ1) is 10.6. The van der Waals surface area contributed by atoms with Crippen LogP contribution in [-0.4, -0.2) is 32.5 Å². The predicted octanol–water partition coefficient (Wildman–Crippen LogP) is 2.85. The molecule has 118 valence electrons. The van der Waals surface area contributed by atoms with Gasteiger partial charge >= 0.3 is 0 Å². The lowest BCUT2D eigenvalue weighted by molar-refractivity contribution is 0.459. The third-order valence-corrected chi connectivity index (χ3v) is 7.00. The SMILES string of the molecule is O=S(=O)(NC1CCN(c2nccs2)CC1)c1ccccc1Br. The number of hydrogen-bond donors (Lipinski definition) is 1. The lowest BCUT2D eigenvalue weighted by Crippen LogP contribution is -2.44. The molecule has 0 atom stereocenters. The molecule has 8 heteroatoms. The highest BCUT2D eigenvalue weighted by Crippen LogP contribution is 2.25. The van der Waals surface area contributed by atoms with Crippen LogP contribution in [0.1, 0.15) is 12.8 Å². The lowest BCUT2D eigenvalue weighted by atomic mass is 10.1. The third kappa shape index (κ3) is 3.51. The van der Waals surface area contributed by atoms with Crippen molar-refractivity contribution in [3.8, 4) is 0 Å². The van der Waals surface area contributed by atoms with Crippen molar-refractivity contribution in [1.82, 2.24) is 9.71 Å². The largest absolute Gasteiger partial charge is 0.348 e. The zero-order chi connectivity index (χ0) is 15.6. The third-order valence-electron chi connectivity index (χ3n) is 3.63. The maximum absolute atomic E-state index is 12.5. The smallest absolute Gasteiger partial charge is 0.241 e. The van der Waals surface area contributed by atoms with Gasteiger partial charge in [-0.2, -0.15) is 0 Å². The molecule has 1 N–H and O–H groups in total. The second kappa shape index (κ2) is 6.66. The zero-order valence-corrected chi connectivity index (χ0v) is 15.0. The first-order valence-electron chi connectivity index (χ1n) is 6.97. The summed E-state index contributed by atoms with van der Waals surface area (Å²) in [5.74, 6) is 0. The molecule has 0 aliphatic carbocycles. The Morgan fingerprint density at radius 3 is 2.64 bits per heavy atom. The molecule has 1 aromatic carbocycles. The minimum absolute atomic E-state index is 0.0340. The van der Waals surface area contributed by atoms with Crippen molar-refractivity contribution in [1.29, 1.82) is 0 Å². The first-order valence-corrected chi connectivity index (χ1v) is 10.1. The summed E-state index contributed by atoms with van der Waals surface area (Å²) in [5.41, 5.74) is 0. The number of anilines is 1. The number of halogens is 1. The van der Waals surface area contributed by atoms with Gasteiger partial charge < -0.3 is 4.90 Å². The Hall–Kier alpha value is -0.960. The van der Waals surface area contributed by atoms with Gasteiger partial charge in [0, 0.05) is 35.2 Å². The fourth-order valence-corrected chi connectivity index (χ4v) is 5.51. The van der Waals surface area contributed by atoms with Crippen molar-refractivity contribution in [3.05, 3.63) is 40.3 Å². The number of hydrogen-bond acceptors (Lipinski definition) is 5. The Labute approximate surface area is 142 Å². The number of benzene rings is 1. The molecule has 1 aliphatic rings. The fourth-order valence-electron chi connectivity index (χ4n) is 2.51. The van der Waals surface area contributed by atoms with Crippen LogP contribution >= 0.6 is 27.3 Å². The van der Waals surface area contributed by atoms with Crippen LogP contribution in [0, 0.1) is 0 Å². The van der Waals surface area contributed by atoms with Crippen LogP contribution in [0.4, 0.5) is 5.13 Å². The number of rotatable bonds is 4. The van der Waals surface area contributed by atoms with Gasteiger partial charge in [0.1, 0.15) is 0 Å². The van der Waals surface area contributed by atoms with Crippen molar-refractivity contribution < 1.29 is 8.42 Å². The number of nitrogens with zero attached hydrogens (tertiary/aromatic N) is 2. The van der Waals surface area contributed by atoms with Gasteiger partial charge in [0.15, 0.2) is 5.13 Å². The van der Waals surface area contributed by atoms with E-state index >= 15 is 0 Å². The number of sulfonamides is 1. The van der Waals surface area contributed by atoms with E-state index in [1.165, 1.54) is 0 Å². The highest BCUT2D eigenvalue weighted by molar-refractivity contribution is 9.10. The minimum atomic E-state index is -3.49. The summed E-state index contributed by atoms with van der Waals surface area (Å²) in [6.45, 7) is 1.63. The maximum atomic E-state index is 12.5. The zero-order valence-electron chi connectivity index (χ0n) is 11.8. The molecule has 0 amide bonds. The molecule has 1 aromatic heterocycles. The highest BCUT2D eigenvalue weighted by atomic mass is 79.9. The average molecular weight is 402 g/mol. The van der Waals surface area contributed by atoms with E-state index in [0.717, 1.165) is 31.1 Å². The summed E-state index contributed by atoms with van der Waals surface area (Å²) >= 11 is 4.91. The summed E-state index contributed by atoms with van der Waals surface area (Å²) in [7, 11) is -3.49. The minimum Gasteiger partial charge on any atom is -0.348 e. The van der Waals surface area contributed by atoms with Crippen LogP contribution in [0.25, 0.3) is 0 Å². The Morgan fingerprint density at radius 2 is 2.00 bits per heavy atom. The van der Waals surface area contributed by atoms with Crippen molar-refractivity contribution >= 4 is 42.4 Å². The van der Waals surface area contributed by atoms with E-state index in [0.29, 0.717) is 4.47 Å². The Bertz CT molecular complexity index is 726. The molecule has 1 saturated heterocycles. The van der Waals surface area contributed by atoms with E-state index in [1.807, 2.05) is 5.38 Å². The molecule has 5 nitrogen and oxygen atoms in total. The van der Waals surface area contributed by atoms with E-state index in [1.54, 1.807) is 41.8 Å². The van der Waals surface area contributed by atoms with Crippen molar-refractivity contribution in [2.24, 2.45) is 0 Å². The molecular formula is C14H16BrN3O2S2. The summed E-state index contributed by atoms with van der Waals surface area (Å²) in [5, 5.41) is 2.96. The first kappa shape index (κ1) is 15.9. The van der Waals surface area contributed by atoms with Crippen LogP contribution in [0.3, 0.4) is 0 Å². The number of thiazole rings is 1. The number of piperidine rings is 1. The van der Waals surface area contributed by atoms with E-state index < -0.39 is 10.0 Å². The molecule has 0 bridgehead atoms. The van der Waals surface area contributed by atoms with Crippen LogP contribution in [0.5, 0.6) is 0 Å². The van der Waals surface area contributed by atoms with Crippen LogP contribution < -0.4 is 9.62 Å². The highest BCUT2D eigenvalue weighted by Gasteiger charge is 2.26. The van der Waals surface area contributed by atoms with Gasteiger partial charge in [-0.3, -0.25) is 0 Å². The number of aromatic nitrogens is 1. The van der Waals surface area contributed by atoms with Crippen molar-refractivity contribution in [2.75, 3.05) is 18.0 Å².